The van der Waals surface area contributed by atoms with Crippen LogP contribution in [0.4, 0.5) is 17.6 Å². The number of aromatic nitrogens is 1. The third kappa shape index (κ3) is 4.07. The summed E-state index contributed by atoms with van der Waals surface area (Å²) in [6, 6.07) is 5.30. The molecule has 1 aliphatic rings. The molecule has 1 aliphatic heterocycles. The maximum absolute atomic E-state index is 13.7. The number of hydrogen-bond donors (Lipinski definition) is 0. The molecule has 8 heteroatoms. The summed E-state index contributed by atoms with van der Waals surface area (Å²) in [6.45, 7) is 2.84. The summed E-state index contributed by atoms with van der Waals surface area (Å²) in [5, 5.41) is 3.85. The van der Waals surface area contributed by atoms with Gasteiger partial charge in [0.25, 0.3) is 0 Å². The predicted molar refractivity (Wildman–Crippen MR) is 85.9 cm³/mol. The molecule has 1 aromatic carbocycles. The van der Waals surface area contributed by atoms with Crippen LogP contribution in [-0.4, -0.2) is 36.4 Å². The topological polar surface area (TPSA) is 38.5 Å². The Kier molecular flexibility index (Phi) is 5.34. The largest absolute Gasteiger partial charge is 0.419 e. The van der Waals surface area contributed by atoms with E-state index in [-0.39, 0.29) is 24.1 Å². The zero-order valence-electron chi connectivity index (χ0n) is 14.5. The molecule has 0 unspecified atom stereocenters. The van der Waals surface area contributed by atoms with E-state index in [1.807, 2.05) is 17.9 Å². The van der Waals surface area contributed by atoms with E-state index in [9.17, 15) is 17.6 Å². The van der Waals surface area contributed by atoms with Gasteiger partial charge in [0, 0.05) is 45.1 Å². The number of alkyl halides is 3. The maximum atomic E-state index is 13.7. The lowest BCUT2D eigenvalue weighted by atomic mass is 10.0. The van der Waals surface area contributed by atoms with Crippen molar-refractivity contribution in [2.24, 2.45) is 5.92 Å². The van der Waals surface area contributed by atoms with Gasteiger partial charge in [0.05, 0.1) is 17.4 Å². The zero-order valence-corrected chi connectivity index (χ0v) is 14.5. The van der Waals surface area contributed by atoms with Gasteiger partial charge in [-0.1, -0.05) is 17.3 Å². The van der Waals surface area contributed by atoms with Crippen molar-refractivity contribution in [2.45, 2.75) is 32.2 Å². The lowest BCUT2D eigenvalue weighted by Gasteiger charge is -2.19. The van der Waals surface area contributed by atoms with Gasteiger partial charge in [0.2, 0.25) is 0 Å². The number of likely N-dealkylation sites (tertiary alicyclic amines) is 1. The molecule has 1 saturated heterocycles. The SMILES string of the molecule is CO[C@H]1CN(Cc2cccc(F)c2C(F)(F)F)C[C@H]1Cc1cc(C)no1. The van der Waals surface area contributed by atoms with E-state index in [4.69, 9.17) is 9.26 Å². The summed E-state index contributed by atoms with van der Waals surface area (Å²) < 4.78 is 64.0. The first-order valence-electron chi connectivity index (χ1n) is 8.30. The van der Waals surface area contributed by atoms with E-state index >= 15 is 0 Å². The second kappa shape index (κ2) is 7.36. The number of methoxy groups -OCH3 is 1. The molecule has 0 spiro atoms. The molecule has 142 valence electrons. The molecule has 3 rings (SSSR count). The third-order valence-electron chi connectivity index (χ3n) is 4.68. The van der Waals surface area contributed by atoms with Gasteiger partial charge < -0.3 is 9.26 Å². The number of nitrogens with zero attached hydrogens (tertiary/aromatic N) is 2. The predicted octanol–water partition coefficient (Wildman–Crippen LogP) is 3.83. The molecule has 0 aliphatic carbocycles. The standard InChI is InChI=1S/C18H20F4N2O2/c1-11-6-14(26-23-11)7-13-9-24(10-16(13)25-2)8-12-4-3-5-15(19)17(12)18(20,21)22/h3-6,13,16H,7-10H2,1-2H3/t13-,16+/m1/s1. The highest BCUT2D eigenvalue weighted by molar-refractivity contribution is 5.31. The van der Waals surface area contributed by atoms with Gasteiger partial charge in [-0.2, -0.15) is 13.2 Å². The Hall–Kier alpha value is -1.93. The van der Waals surface area contributed by atoms with Crippen molar-refractivity contribution in [3.8, 4) is 0 Å². The van der Waals surface area contributed by atoms with Crippen molar-refractivity contribution in [3.63, 3.8) is 0 Å². The van der Waals surface area contributed by atoms with Crippen molar-refractivity contribution in [2.75, 3.05) is 20.2 Å². The molecule has 1 aromatic heterocycles. The van der Waals surface area contributed by atoms with Crippen LogP contribution in [0.25, 0.3) is 0 Å². The molecule has 2 atom stereocenters. The van der Waals surface area contributed by atoms with E-state index in [0.29, 0.717) is 19.5 Å². The molecule has 0 amide bonds. The molecular formula is C18H20F4N2O2. The van der Waals surface area contributed by atoms with Gasteiger partial charge >= 0.3 is 6.18 Å². The van der Waals surface area contributed by atoms with Crippen LogP contribution in [0.1, 0.15) is 22.6 Å². The number of ether oxygens (including phenoxy) is 1. The van der Waals surface area contributed by atoms with Gasteiger partial charge in [-0.25, -0.2) is 4.39 Å². The van der Waals surface area contributed by atoms with Gasteiger partial charge in [-0.3, -0.25) is 4.90 Å². The number of aryl methyl sites for hydroxylation is 1. The molecule has 4 nitrogen and oxygen atoms in total. The summed E-state index contributed by atoms with van der Waals surface area (Å²) in [5.41, 5.74) is -0.481. The minimum absolute atomic E-state index is 0.0123. The molecule has 0 radical (unpaired) electrons. The first-order chi connectivity index (χ1) is 12.3. The van der Waals surface area contributed by atoms with Crippen LogP contribution in [0, 0.1) is 18.7 Å². The summed E-state index contributed by atoms with van der Waals surface area (Å²) in [6.07, 6.45) is -4.27. The second-order valence-electron chi connectivity index (χ2n) is 6.64. The first-order valence-corrected chi connectivity index (χ1v) is 8.30. The average Bonchev–Trinajstić information content (AvgIpc) is 3.12. The Balaban J connectivity index is 1.74. The van der Waals surface area contributed by atoms with Crippen LogP contribution in [-0.2, 0) is 23.9 Å². The molecule has 26 heavy (non-hydrogen) atoms. The Morgan fingerprint density at radius 1 is 1.31 bits per heavy atom. The van der Waals surface area contributed by atoms with E-state index in [1.165, 1.54) is 12.1 Å². The number of benzene rings is 1. The van der Waals surface area contributed by atoms with Crippen molar-refractivity contribution < 1.29 is 26.8 Å². The van der Waals surface area contributed by atoms with Gasteiger partial charge in [0.1, 0.15) is 11.6 Å². The molecule has 1 fully saturated rings. The molecule has 0 saturated carbocycles. The molecule has 2 heterocycles. The normalized spacial score (nSPS) is 21.5. The Labute approximate surface area is 148 Å². The smallest absolute Gasteiger partial charge is 0.380 e. The van der Waals surface area contributed by atoms with Crippen LogP contribution in [0.5, 0.6) is 0 Å². The van der Waals surface area contributed by atoms with E-state index in [1.54, 1.807) is 7.11 Å². The fourth-order valence-electron chi connectivity index (χ4n) is 3.55. The quantitative estimate of drug-likeness (QED) is 0.748. The summed E-state index contributed by atoms with van der Waals surface area (Å²) in [4.78, 5) is 1.85. The van der Waals surface area contributed by atoms with Crippen molar-refractivity contribution in [1.29, 1.82) is 0 Å². The maximum Gasteiger partial charge on any atom is 0.419 e. The lowest BCUT2D eigenvalue weighted by Crippen LogP contribution is -2.24. The van der Waals surface area contributed by atoms with Crippen LogP contribution < -0.4 is 0 Å². The highest BCUT2D eigenvalue weighted by Crippen LogP contribution is 2.35. The van der Waals surface area contributed by atoms with Crippen molar-refractivity contribution in [3.05, 3.63) is 52.7 Å². The van der Waals surface area contributed by atoms with Crippen LogP contribution in [0.3, 0.4) is 0 Å². The Morgan fingerprint density at radius 3 is 2.69 bits per heavy atom. The number of halogens is 4. The van der Waals surface area contributed by atoms with Crippen molar-refractivity contribution >= 4 is 0 Å². The van der Waals surface area contributed by atoms with E-state index in [0.717, 1.165) is 17.5 Å². The zero-order chi connectivity index (χ0) is 18.9. The van der Waals surface area contributed by atoms with Crippen LogP contribution in [0.15, 0.2) is 28.8 Å². The molecular weight excluding hydrogens is 352 g/mol. The first kappa shape index (κ1) is 18.8. The number of rotatable bonds is 5. The van der Waals surface area contributed by atoms with Crippen LogP contribution in [0.2, 0.25) is 0 Å². The molecule has 0 N–H and O–H groups in total. The monoisotopic (exact) mass is 372 g/mol. The minimum atomic E-state index is -4.72. The third-order valence-corrected chi connectivity index (χ3v) is 4.68. The Bertz CT molecular complexity index is 760. The minimum Gasteiger partial charge on any atom is -0.380 e. The fourth-order valence-corrected chi connectivity index (χ4v) is 3.55. The van der Waals surface area contributed by atoms with E-state index < -0.39 is 17.6 Å². The molecule has 2 aromatic rings. The Morgan fingerprint density at radius 2 is 2.08 bits per heavy atom. The summed E-state index contributed by atoms with van der Waals surface area (Å²) >= 11 is 0. The molecule has 0 bridgehead atoms. The number of hydrogen-bond acceptors (Lipinski definition) is 4. The lowest BCUT2D eigenvalue weighted by molar-refractivity contribution is -0.140. The average molecular weight is 372 g/mol. The summed E-state index contributed by atoms with van der Waals surface area (Å²) in [5.74, 6) is -0.459. The fraction of sp³-hybridized carbons (Fsp3) is 0.500. The summed E-state index contributed by atoms with van der Waals surface area (Å²) in [7, 11) is 1.58. The van der Waals surface area contributed by atoms with Crippen LogP contribution >= 0.6 is 0 Å². The van der Waals surface area contributed by atoms with Gasteiger partial charge in [0.15, 0.2) is 0 Å². The van der Waals surface area contributed by atoms with E-state index in [2.05, 4.69) is 5.16 Å². The highest BCUT2D eigenvalue weighted by atomic mass is 19.4. The van der Waals surface area contributed by atoms with Gasteiger partial charge in [-0.15, -0.1) is 0 Å². The van der Waals surface area contributed by atoms with Gasteiger partial charge in [-0.05, 0) is 18.6 Å². The second-order valence-corrected chi connectivity index (χ2v) is 6.64. The highest BCUT2D eigenvalue weighted by Gasteiger charge is 2.39. The van der Waals surface area contributed by atoms with Crippen molar-refractivity contribution in [1.82, 2.24) is 10.1 Å².